The monoisotopic (exact) mass is 595 g/mol. The minimum Gasteiger partial charge on any atom is -0.356 e. The fourth-order valence-electron chi connectivity index (χ4n) is 6.15. The number of Topliss-reactive ketones (excluding diaryl/α,β-unsaturated/α-hetero) is 2. The van der Waals surface area contributed by atoms with Gasteiger partial charge >= 0.3 is 0 Å². The minimum absolute atomic E-state index is 0.0862. The van der Waals surface area contributed by atoms with Gasteiger partial charge in [-0.25, -0.2) is 0 Å². The van der Waals surface area contributed by atoms with Crippen molar-refractivity contribution in [3.8, 4) is 0 Å². The van der Waals surface area contributed by atoms with Crippen molar-refractivity contribution < 1.29 is 9.59 Å². The SMILES string of the molecule is CCCCCCCCCCCCCCc1ccc(C(=O)CC(=O)c2ccc(CCCCCCCCCCCCCC)[nH]2)[nH]1. The highest BCUT2D eigenvalue weighted by Gasteiger charge is 2.16. The number of carbonyl (C=O) groups is 2. The van der Waals surface area contributed by atoms with Gasteiger partial charge in [0.2, 0.25) is 0 Å². The molecule has 0 radical (unpaired) electrons. The van der Waals surface area contributed by atoms with Crippen LogP contribution in [0.4, 0.5) is 0 Å². The summed E-state index contributed by atoms with van der Waals surface area (Å²) in [5.41, 5.74) is 3.33. The molecule has 2 aromatic rings. The molecule has 0 spiro atoms. The number of carbonyl (C=O) groups excluding carboxylic acids is 2. The third-order valence-electron chi connectivity index (χ3n) is 9.01. The van der Waals surface area contributed by atoms with Crippen LogP contribution in [0.25, 0.3) is 0 Å². The van der Waals surface area contributed by atoms with Crippen LogP contribution in [0, 0.1) is 0 Å². The van der Waals surface area contributed by atoms with E-state index in [2.05, 4.69) is 23.8 Å². The van der Waals surface area contributed by atoms with Gasteiger partial charge in [0.15, 0.2) is 11.6 Å². The summed E-state index contributed by atoms with van der Waals surface area (Å²) in [6, 6.07) is 7.72. The summed E-state index contributed by atoms with van der Waals surface area (Å²) < 4.78 is 0. The second-order valence-electron chi connectivity index (χ2n) is 13.1. The largest absolute Gasteiger partial charge is 0.356 e. The van der Waals surface area contributed by atoms with E-state index in [-0.39, 0.29) is 18.0 Å². The number of hydrogen-bond acceptors (Lipinski definition) is 2. The number of hydrogen-bond donors (Lipinski definition) is 2. The molecule has 4 nitrogen and oxygen atoms in total. The summed E-state index contributed by atoms with van der Waals surface area (Å²) in [5.74, 6) is -0.244. The van der Waals surface area contributed by atoms with Crippen molar-refractivity contribution in [1.82, 2.24) is 9.97 Å². The van der Waals surface area contributed by atoms with E-state index in [1.807, 2.05) is 24.3 Å². The Morgan fingerprint density at radius 2 is 0.698 bits per heavy atom. The van der Waals surface area contributed by atoms with E-state index in [1.165, 1.54) is 141 Å². The smallest absolute Gasteiger partial charge is 0.186 e. The van der Waals surface area contributed by atoms with Crippen molar-refractivity contribution in [3.05, 3.63) is 47.0 Å². The molecule has 0 aromatic carbocycles. The standard InChI is InChI=1S/C39H66N2O2/c1-3-5-7-9-11-13-15-17-19-21-23-25-27-34-29-31-36(40-34)38(42)33-39(43)37-32-30-35(41-37)28-26-24-22-20-18-16-14-12-10-8-6-4-2/h29-32,40-41H,3-28,33H2,1-2H3. The number of rotatable bonds is 30. The van der Waals surface area contributed by atoms with Gasteiger partial charge in [0.1, 0.15) is 0 Å². The lowest BCUT2D eigenvalue weighted by atomic mass is 10.0. The highest BCUT2D eigenvalue weighted by molar-refractivity contribution is 6.12. The van der Waals surface area contributed by atoms with Gasteiger partial charge in [-0.05, 0) is 49.9 Å². The molecule has 0 saturated heterocycles. The van der Waals surface area contributed by atoms with Crippen LogP contribution < -0.4 is 0 Å². The van der Waals surface area contributed by atoms with Crippen LogP contribution in [0.2, 0.25) is 0 Å². The van der Waals surface area contributed by atoms with Crippen molar-refractivity contribution in [2.45, 2.75) is 187 Å². The van der Waals surface area contributed by atoms with E-state index < -0.39 is 0 Å². The first-order chi connectivity index (χ1) is 21.1. The van der Waals surface area contributed by atoms with Crippen LogP contribution in [0.5, 0.6) is 0 Å². The van der Waals surface area contributed by atoms with E-state index in [9.17, 15) is 9.59 Å². The van der Waals surface area contributed by atoms with E-state index >= 15 is 0 Å². The Morgan fingerprint density at radius 1 is 0.419 bits per heavy atom. The molecule has 244 valence electrons. The lowest BCUT2D eigenvalue weighted by molar-refractivity contribution is 0.0889. The van der Waals surface area contributed by atoms with Gasteiger partial charge in [-0.15, -0.1) is 0 Å². The van der Waals surface area contributed by atoms with Crippen LogP contribution in [0.1, 0.15) is 207 Å². The molecule has 0 bridgehead atoms. The van der Waals surface area contributed by atoms with Crippen molar-refractivity contribution in [3.63, 3.8) is 0 Å². The molecule has 0 unspecified atom stereocenters. The number of aryl methyl sites for hydroxylation is 2. The first kappa shape index (κ1) is 37.1. The highest BCUT2D eigenvalue weighted by Crippen LogP contribution is 2.16. The molecular weight excluding hydrogens is 528 g/mol. The predicted octanol–water partition coefficient (Wildman–Crippen LogP) is 12.3. The van der Waals surface area contributed by atoms with Crippen molar-refractivity contribution >= 4 is 11.6 Å². The van der Waals surface area contributed by atoms with Crippen LogP contribution in [-0.2, 0) is 12.8 Å². The summed E-state index contributed by atoms with van der Waals surface area (Å²) in [6.07, 6.45) is 34.1. The summed E-state index contributed by atoms with van der Waals surface area (Å²) in [7, 11) is 0. The van der Waals surface area contributed by atoms with Gasteiger partial charge in [0.25, 0.3) is 0 Å². The fourth-order valence-corrected chi connectivity index (χ4v) is 6.15. The topological polar surface area (TPSA) is 65.7 Å². The number of H-pyrrole nitrogens is 2. The molecule has 2 heterocycles. The molecule has 2 rings (SSSR count). The fraction of sp³-hybridized carbons (Fsp3) is 0.744. The predicted molar refractivity (Wildman–Crippen MR) is 184 cm³/mol. The van der Waals surface area contributed by atoms with Gasteiger partial charge in [-0.2, -0.15) is 0 Å². The zero-order valence-corrected chi connectivity index (χ0v) is 28.2. The molecule has 0 saturated carbocycles. The maximum Gasteiger partial charge on any atom is 0.186 e. The van der Waals surface area contributed by atoms with Gasteiger partial charge in [0, 0.05) is 11.4 Å². The average Bonchev–Trinajstić information content (AvgIpc) is 3.69. The van der Waals surface area contributed by atoms with E-state index in [0.717, 1.165) is 37.1 Å². The number of ketones is 2. The molecule has 0 aliphatic carbocycles. The maximum atomic E-state index is 12.8. The van der Waals surface area contributed by atoms with E-state index in [4.69, 9.17) is 0 Å². The van der Waals surface area contributed by atoms with Gasteiger partial charge < -0.3 is 9.97 Å². The van der Waals surface area contributed by atoms with Gasteiger partial charge in [0.05, 0.1) is 17.8 Å². The molecule has 0 amide bonds. The summed E-state index contributed by atoms with van der Waals surface area (Å²) >= 11 is 0. The average molecular weight is 595 g/mol. The van der Waals surface area contributed by atoms with Crippen molar-refractivity contribution in [1.29, 1.82) is 0 Å². The Balaban J connectivity index is 1.50. The zero-order chi connectivity index (χ0) is 30.8. The van der Waals surface area contributed by atoms with E-state index in [0.29, 0.717) is 11.4 Å². The van der Waals surface area contributed by atoms with Crippen LogP contribution in [0.15, 0.2) is 24.3 Å². The van der Waals surface area contributed by atoms with Gasteiger partial charge in [-0.3, -0.25) is 9.59 Å². The summed E-state index contributed by atoms with van der Waals surface area (Å²) in [4.78, 5) is 32.0. The lowest BCUT2D eigenvalue weighted by Gasteiger charge is -2.03. The second kappa shape index (κ2) is 25.2. The Labute approximate surface area is 265 Å². The second-order valence-corrected chi connectivity index (χ2v) is 13.1. The Kier molecular flexibility index (Phi) is 21.8. The molecule has 2 N–H and O–H groups in total. The van der Waals surface area contributed by atoms with Crippen molar-refractivity contribution in [2.75, 3.05) is 0 Å². The molecule has 43 heavy (non-hydrogen) atoms. The van der Waals surface area contributed by atoms with Crippen LogP contribution in [0.3, 0.4) is 0 Å². The molecule has 4 heteroatoms. The normalized spacial score (nSPS) is 11.4. The number of aromatic amines is 2. The summed E-state index contributed by atoms with van der Waals surface area (Å²) in [5, 5.41) is 0. The Bertz CT molecular complexity index is 880. The third-order valence-corrected chi connectivity index (χ3v) is 9.01. The zero-order valence-electron chi connectivity index (χ0n) is 28.2. The molecule has 0 atom stereocenters. The lowest BCUT2D eigenvalue weighted by Crippen LogP contribution is -2.09. The number of unbranched alkanes of at least 4 members (excludes halogenated alkanes) is 22. The number of nitrogens with one attached hydrogen (secondary N) is 2. The third kappa shape index (κ3) is 18.3. The van der Waals surface area contributed by atoms with E-state index in [1.54, 1.807) is 0 Å². The Morgan fingerprint density at radius 3 is 1.00 bits per heavy atom. The quantitative estimate of drug-likeness (QED) is 0.0536. The van der Waals surface area contributed by atoms with Crippen LogP contribution >= 0.6 is 0 Å². The molecule has 0 aliphatic heterocycles. The Hall–Kier alpha value is -2.10. The molecular formula is C39H66N2O2. The summed E-state index contributed by atoms with van der Waals surface area (Å²) in [6.45, 7) is 4.55. The first-order valence-electron chi connectivity index (χ1n) is 18.6. The van der Waals surface area contributed by atoms with Crippen LogP contribution in [-0.4, -0.2) is 21.5 Å². The first-order valence-corrected chi connectivity index (χ1v) is 18.6. The van der Waals surface area contributed by atoms with Crippen molar-refractivity contribution in [2.24, 2.45) is 0 Å². The molecule has 0 aliphatic rings. The van der Waals surface area contributed by atoms with Gasteiger partial charge in [-0.1, -0.05) is 155 Å². The minimum atomic E-state index is -0.122. The molecule has 0 fully saturated rings. The highest BCUT2D eigenvalue weighted by atomic mass is 16.1. The molecule has 2 aromatic heterocycles. The maximum absolute atomic E-state index is 12.8. The number of aromatic nitrogens is 2.